The number of likely N-dealkylation sites (N-methyl/N-ethyl adjacent to an activating group) is 1. The molecule has 4 rings (SSSR count). The molecule has 0 radical (unpaired) electrons. The number of nitrogens with zero attached hydrogens (tertiary/aromatic N) is 6. The summed E-state index contributed by atoms with van der Waals surface area (Å²) in [5.41, 5.74) is 0.0124. The lowest BCUT2D eigenvalue weighted by Crippen LogP contribution is -2.66. The number of hydrogen-bond acceptors (Lipinski definition) is 9. The minimum Gasteiger partial charge on any atom is -0.477 e. The van der Waals surface area contributed by atoms with Gasteiger partial charge >= 0.3 is 5.97 Å². The van der Waals surface area contributed by atoms with Crippen molar-refractivity contribution in [3.05, 3.63) is 16.4 Å². The highest BCUT2D eigenvalue weighted by molar-refractivity contribution is 8.03. The summed E-state index contributed by atoms with van der Waals surface area (Å²) >= 11 is 1.43. The number of tetrazole rings is 1. The molecular weight excluding hydrogens is 476 g/mol. The van der Waals surface area contributed by atoms with Crippen LogP contribution >= 0.6 is 11.8 Å². The number of nitrogens with one attached hydrogen (secondary N) is 2. The second kappa shape index (κ2) is 9.57. The third-order valence-electron chi connectivity index (χ3n) is 6.71. The lowest BCUT2D eigenvalue weighted by molar-refractivity contribution is -0.158. The van der Waals surface area contributed by atoms with E-state index in [4.69, 9.17) is 0 Å². The lowest BCUT2D eigenvalue weighted by atomic mass is 9.78. The average molecular weight is 507 g/mol. The Hall–Kier alpha value is -3.00. The van der Waals surface area contributed by atoms with E-state index < -0.39 is 17.9 Å². The number of carboxylic acid groups (broad SMARTS) is 1. The highest BCUT2D eigenvalue weighted by atomic mass is 32.2. The summed E-state index contributed by atoms with van der Waals surface area (Å²) in [7, 11) is 5.01. The van der Waals surface area contributed by atoms with Gasteiger partial charge in [-0.25, -0.2) is 4.79 Å². The van der Waals surface area contributed by atoms with Gasteiger partial charge in [-0.2, -0.15) is 4.80 Å². The largest absolute Gasteiger partial charge is 0.477 e. The molecule has 1 aromatic rings. The molecule has 3 N–H and O–H groups in total. The number of carbonyl (C=O) groups is 4. The SMILES string of the molecule is CC(NC(=O)Cc1nnn(C)n1)[C@H]1C(=O)N2C(C(=O)O)=C(S[C@@H]3CN[C@H](C(=O)N(C)C)C3)[C@H](C)[C@H]12. The molecule has 2 saturated heterocycles. The van der Waals surface area contributed by atoms with Crippen molar-refractivity contribution in [1.29, 1.82) is 0 Å². The monoisotopic (exact) mass is 506 g/mol. The molecule has 35 heavy (non-hydrogen) atoms. The van der Waals surface area contributed by atoms with E-state index in [1.165, 1.54) is 26.4 Å². The second-order valence-electron chi connectivity index (χ2n) is 9.43. The van der Waals surface area contributed by atoms with Crippen molar-refractivity contribution < 1.29 is 24.3 Å². The zero-order valence-corrected chi connectivity index (χ0v) is 21.1. The van der Waals surface area contributed by atoms with Crippen molar-refractivity contribution >= 4 is 35.5 Å². The van der Waals surface area contributed by atoms with E-state index in [1.54, 1.807) is 28.1 Å². The van der Waals surface area contributed by atoms with Gasteiger partial charge < -0.3 is 25.5 Å². The van der Waals surface area contributed by atoms with Crippen molar-refractivity contribution in [3.8, 4) is 0 Å². The van der Waals surface area contributed by atoms with E-state index >= 15 is 0 Å². The molecule has 0 aromatic carbocycles. The predicted molar refractivity (Wildman–Crippen MR) is 125 cm³/mol. The molecule has 0 spiro atoms. The number of aliphatic carboxylic acids is 1. The molecular formula is C21H30N8O5S. The van der Waals surface area contributed by atoms with Crippen LogP contribution in [0.5, 0.6) is 0 Å². The highest BCUT2D eigenvalue weighted by Crippen LogP contribution is 2.51. The first kappa shape index (κ1) is 25.1. The zero-order valence-electron chi connectivity index (χ0n) is 20.3. The van der Waals surface area contributed by atoms with Crippen molar-refractivity contribution in [2.75, 3.05) is 20.6 Å². The second-order valence-corrected chi connectivity index (χ2v) is 10.8. The Balaban J connectivity index is 1.43. The van der Waals surface area contributed by atoms with Gasteiger partial charge in [-0.15, -0.1) is 22.0 Å². The number of thioether (sulfide) groups is 1. The molecule has 6 atom stereocenters. The smallest absolute Gasteiger partial charge is 0.353 e. The van der Waals surface area contributed by atoms with Crippen LogP contribution in [0.2, 0.25) is 0 Å². The van der Waals surface area contributed by atoms with Gasteiger partial charge in [0.1, 0.15) is 5.70 Å². The van der Waals surface area contributed by atoms with Gasteiger partial charge in [0.25, 0.3) is 0 Å². The fourth-order valence-electron chi connectivity index (χ4n) is 5.10. The van der Waals surface area contributed by atoms with E-state index in [2.05, 4.69) is 26.0 Å². The van der Waals surface area contributed by atoms with Crippen LogP contribution in [0, 0.1) is 11.8 Å². The summed E-state index contributed by atoms with van der Waals surface area (Å²) in [4.78, 5) is 54.8. The predicted octanol–water partition coefficient (Wildman–Crippen LogP) is -1.42. The minimum absolute atomic E-state index is 0.0124. The summed E-state index contributed by atoms with van der Waals surface area (Å²) in [6, 6.07) is -1.15. The summed E-state index contributed by atoms with van der Waals surface area (Å²) in [6.07, 6.45) is 0.514. The molecule has 2 fully saturated rings. The molecule has 190 valence electrons. The van der Waals surface area contributed by atoms with Gasteiger partial charge in [-0.3, -0.25) is 14.4 Å². The Morgan fingerprint density at radius 3 is 2.66 bits per heavy atom. The van der Waals surface area contributed by atoms with Crippen LogP contribution in [0.15, 0.2) is 10.6 Å². The Morgan fingerprint density at radius 1 is 1.34 bits per heavy atom. The van der Waals surface area contributed by atoms with Crippen molar-refractivity contribution in [3.63, 3.8) is 0 Å². The molecule has 0 bridgehead atoms. The molecule has 4 heterocycles. The van der Waals surface area contributed by atoms with Gasteiger partial charge in [0.2, 0.25) is 17.7 Å². The maximum atomic E-state index is 13.1. The van der Waals surface area contributed by atoms with Crippen LogP contribution in [-0.2, 0) is 32.6 Å². The molecule has 3 aliphatic rings. The molecule has 1 unspecified atom stereocenters. The van der Waals surface area contributed by atoms with Gasteiger partial charge in [0.05, 0.1) is 31.5 Å². The number of aromatic nitrogens is 4. The third kappa shape index (κ3) is 4.63. The number of amides is 3. The third-order valence-corrected chi connectivity index (χ3v) is 8.22. The van der Waals surface area contributed by atoms with E-state index in [-0.39, 0.29) is 58.9 Å². The van der Waals surface area contributed by atoms with Crippen LogP contribution in [0.4, 0.5) is 0 Å². The minimum atomic E-state index is -1.15. The van der Waals surface area contributed by atoms with Crippen molar-refractivity contribution in [2.45, 2.75) is 50.1 Å². The fourth-order valence-corrected chi connectivity index (χ4v) is 6.58. The summed E-state index contributed by atoms with van der Waals surface area (Å²) in [5.74, 6) is -2.29. The first-order valence-electron chi connectivity index (χ1n) is 11.4. The molecule has 3 aliphatic heterocycles. The Kier molecular flexibility index (Phi) is 6.86. The topological polar surface area (TPSA) is 163 Å². The van der Waals surface area contributed by atoms with Crippen molar-refractivity contribution in [1.82, 2.24) is 40.6 Å². The normalized spacial score (nSPS) is 28.5. The van der Waals surface area contributed by atoms with Crippen LogP contribution in [-0.4, -0.2) is 103 Å². The maximum absolute atomic E-state index is 13.1. The van der Waals surface area contributed by atoms with Gasteiger partial charge in [-0.1, -0.05) is 6.92 Å². The first-order valence-corrected chi connectivity index (χ1v) is 12.3. The Morgan fingerprint density at radius 2 is 2.06 bits per heavy atom. The first-order chi connectivity index (χ1) is 16.5. The Bertz CT molecular complexity index is 1090. The van der Waals surface area contributed by atoms with Crippen LogP contribution in [0.1, 0.15) is 26.1 Å². The lowest BCUT2D eigenvalue weighted by Gasteiger charge is -2.47. The molecule has 14 heteroatoms. The van der Waals surface area contributed by atoms with Crippen LogP contribution < -0.4 is 10.6 Å². The van der Waals surface area contributed by atoms with E-state index in [0.717, 1.165) is 0 Å². The summed E-state index contributed by atoms with van der Waals surface area (Å²) in [6.45, 7) is 4.24. The van der Waals surface area contributed by atoms with Gasteiger partial charge in [-0.05, 0) is 18.6 Å². The number of aryl methyl sites for hydroxylation is 1. The highest BCUT2D eigenvalue weighted by Gasteiger charge is 2.60. The quantitative estimate of drug-likeness (QED) is 0.357. The van der Waals surface area contributed by atoms with Gasteiger partial charge in [0.15, 0.2) is 5.82 Å². The summed E-state index contributed by atoms with van der Waals surface area (Å²) in [5, 5.41) is 27.5. The van der Waals surface area contributed by atoms with E-state index in [9.17, 15) is 24.3 Å². The van der Waals surface area contributed by atoms with Crippen LogP contribution in [0.25, 0.3) is 0 Å². The molecule has 0 saturated carbocycles. The van der Waals surface area contributed by atoms with Crippen LogP contribution in [0.3, 0.4) is 0 Å². The number of β-lactam (4-membered cyclic amide) rings is 1. The number of fused-ring (bicyclic) bond motifs is 1. The number of hydrogen-bond donors (Lipinski definition) is 3. The summed E-state index contributed by atoms with van der Waals surface area (Å²) < 4.78 is 0. The number of carboxylic acids is 1. The molecule has 3 amide bonds. The van der Waals surface area contributed by atoms with E-state index in [0.29, 0.717) is 17.9 Å². The molecule has 0 aliphatic carbocycles. The standard InChI is InChI=1S/C21H30N8O5S/c1-9-16-15(10(2)23-14(30)7-13-24-26-28(5)25-13)20(32)29(16)17(21(33)34)18(9)35-11-6-12(22-8-11)19(31)27(3)4/h9-12,15-16,22H,6-8H2,1-5H3,(H,23,30)(H,33,34)/t9-,10?,11+,12+,15-,16-/m1/s1. The fraction of sp³-hybridized carbons (Fsp3) is 0.667. The number of carbonyl (C=O) groups excluding carboxylic acids is 3. The van der Waals surface area contributed by atoms with Crippen molar-refractivity contribution in [2.24, 2.45) is 18.9 Å². The maximum Gasteiger partial charge on any atom is 0.353 e. The van der Waals surface area contributed by atoms with Gasteiger partial charge in [0, 0.05) is 42.8 Å². The Labute approximate surface area is 206 Å². The molecule has 13 nitrogen and oxygen atoms in total. The van der Waals surface area contributed by atoms with E-state index in [1.807, 2.05) is 6.92 Å². The average Bonchev–Trinajstić information content (AvgIpc) is 3.46. The zero-order chi connectivity index (χ0) is 25.6. The molecule has 1 aromatic heterocycles. The number of rotatable bonds is 8.